The Hall–Kier alpha value is -3.57. The summed E-state index contributed by atoms with van der Waals surface area (Å²) in [6.07, 6.45) is 2.99. The first-order chi connectivity index (χ1) is 16.0. The predicted molar refractivity (Wildman–Crippen MR) is 129 cm³/mol. The zero-order chi connectivity index (χ0) is 23.4. The molecule has 0 N–H and O–H groups in total. The number of methoxy groups -OCH3 is 1. The first-order valence-corrected chi connectivity index (χ1v) is 11.1. The van der Waals surface area contributed by atoms with Crippen molar-refractivity contribution in [1.82, 2.24) is 4.40 Å². The molecule has 0 amide bonds. The molecule has 168 valence electrons. The van der Waals surface area contributed by atoms with Gasteiger partial charge in [0.15, 0.2) is 0 Å². The van der Waals surface area contributed by atoms with Gasteiger partial charge in [0.25, 0.3) is 5.24 Å². The highest BCUT2D eigenvalue weighted by Gasteiger charge is 2.28. The molecule has 0 aliphatic heterocycles. The first-order valence-electron chi connectivity index (χ1n) is 10.7. The van der Waals surface area contributed by atoms with Gasteiger partial charge in [0.1, 0.15) is 18.1 Å². The smallest absolute Gasteiger partial charge is 0.293 e. The van der Waals surface area contributed by atoms with Crippen LogP contribution < -0.4 is 9.47 Å². The van der Waals surface area contributed by atoms with Crippen molar-refractivity contribution >= 4 is 28.1 Å². The lowest BCUT2D eigenvalue weighted by Crippen LogP contribution is -2.10. The third-order valence-corrected chi connectivity index (χ3v) is 5.81. The average molecular weight is 462 g/mol. The van der Waals surface area contributed by atoms with Crippen LogP contribution >= 0.6 is 11.6 Å². The highest BCUT2D eigenvalue weighted by molar-refractivity contribution is 6.83. The van der Waals surface area contributed by atoms with Crippen LogP contribution in [0.1, 0.15) is 39.7 Å². The van der Waals surface area contributed by atoms with Crippen LogP contribution in [0.2, 0.25) is 0 Å². The number of hydrogen-bond donors (Lipinski definition) is 0. The zero-order valence-electron chi connectivity index (χ0n) is 18.5. The number of rotatable bonds is 9. The summed E-state index contributed by atoms with van der Waals surface area (Å²) in [5, 5.41) is -1.01. The van der Waals surface area contributed by atoms with Crippen LogP contribution in [0, 0.1) is 0 Å². The standard InChI is InChI=1S/C27H24ClNO4/c1-3-21-22(16-19-11-7-12-20(15-19)32-2)29-14-8-13-23(25(29)24(21)26(30)27(28)31)33-17-18-9-5-4-6-10-18/h4-15H,3,16-17H2,1-2H3. The van der Waals surface area contributed by atoms with Crippen LogP contribution in [0.5, 0.6) is 11.5 Å². The second kappa shape index (κ2) is 9.92. The zero-order valence-corrected chi connectivity index (χ0v) is 19.3. The van der Waals surface area contributed by atoms with Crippen LogP contribution in [0.25, 0.3) is 5.52 Å². The van der Waals surface area contributed by atoms with E-state index in [1.807, 2.05) is 84.3 Å². The molecule has 2 heterocycles. The summed E-state index contributed by atoms with van der Waals surface area (Å²) < 4.78 is 13.4. The molecule has 4 aromatic rings. The first kappa shape index (κ1) is 22.6. The number of carbonyl (C=O) groups is 2. The van der Waals surface area contributed by atoms with Gasteiger partial charge in [-0.15, -0.1) is 0 Å². The SMILES string of the molecule is CCc1c(C(=O)C(=O)Cl)c2c(OCc3ccccc3)cccn2c1Cc1cccc(OC)c1. The molecule has 0 aliphatic rings. The fraction of sp³-hybridized carbons (Fsp3) is 0.185. The molecule has 5 nitrogen and oxygen atoms in total. The fourth-order valence-corrected chi connectivity index (χ4v) is 4.23. The molecule has 0 aliphatic carbocycles. The number of fused-ring (bicyclic) bond motifs is 1. The minimum atomic E-state index is -1.01. The number of benzene rings is 2. The van der Waals surface area contributed by atoms with E-state index in [4.69, 9.17) is 21.1 Å². The summed E-state index contributed by atoms with van der Waals surface area (Å²) in [5.74, 6) is 0.554. The van der Waals surface area contributed by atoms with Crippen LogP contribution in [-0.2, 0) is 24.2 Å². The monoisotopic (exact) mass is 461 g/mol. The highest BCUT2D eigenvalue weighted by Crippen LogP contribution is 2.34. The van der Waals surface area contributed by atoms with E-state index < -0.39 is 11.0 Å². The summed E-state index contributed by atoms with van der Waals surface area (Å²) in [7, 11) is 1.63. The van der Waals surface area contributed by atoms with Crippen molar-refractivity contribution < 1.29 is 19.1 Å². The third kappa shape index (κ3) is 4.64. The quantitative estimate of drug-likeness (QED) is 0.184. The lowest BCUT2D eigenvalue weighted by molar-refractivity contribution is -0.108. The Kier molecular flexibility index (Phi) is 6.80. The maximum absolute atomic E-state index is 13.0. The number of hydrogen-bond acceptors (Lipinski definition) is 4. The molecule has 0 saturated carbocycles. The molecule has 0 fully saturated rings. The number of halogens is 1. The molecular formula is C27H24ClNO4. The Morgan fingerprint density at radius 2 is 1.73 bits per heavy atom. The topological polar surface area (TPSA) is 57.0 Å². The molecule has 0 atom stereocenters. The van der Waals surface area contributed by atoms with Crippen LogP contribution in [0.3, 0.4) is 0 Å². The van der Waals surface area contributed by atoms with Crippen LogP contribution in [-0.4, -0.2) is 22.5 Å². The van der Waals surface area contributed by atoms with Gasteiger partial charge in [-0.3, -0.25) is 9.59 Å². The molecule has 0 unspecified atom stereocenters. The molecule has 2 aromatic heterocycles. The van der Waals surface area contributed by atoms with Gasteiger partial charge in [0, 0.05) is 18.3 Å². The van der Waals surface area contributed by atoms with Crippen molar-refractivity contribution in [3.63, 3.8) is 0 Å². The summed E-state index contributed by atoms with van der Waals surface area (Å²) >= 11 is 5.67. The van der Waals surface area contributed by atoms with Gasteiger partial charge >= 0.3 is 0 Å². The minimum absolute atomic E-state index is 0.305. The Morgan fingerprint density at radius 1 is 0.970 bits per heavy atom. The van der Waals surface area contributed by atoms with Crippen molar-refractivity contribution in [2.75, 3.05) is 7.11 Å². The van der Waals surface area contributed by atoms with E-state index in [-0.39, 0.29) is 0 Å². The number of pyridine rings is 1. The predicted octanol–water partition coefficient (Wildman–Crippen LogP) is 5.63. The minimum Gasteiger partial charge on any atom is -0.497 e. The molecule has 0 radical (unpaired) electrons. The largest absolute Gasteiger partial charge is 0.497 e. The van der Waals surface area contributed by atoms with E-state index in [0.717, 1.165) is 28.1 Å². The summed E-state index contributed by atoms with van der Waals surface area (Å²) in [6, 6.07) is 21.2. The summed E-state index contributed by atoms with van der Waals surface area (Å²) in [6.45, 7) is 2.30. The second-order valence-electron chi connectivity index (χ2n) is 7.65. The van der Waals surface area contributed by atoms with Gasteiger partial charge in [-0.05, 0) is 59.0 Å². The number of aromatic nitrogens is 1. The van der Waals surface area contributed by atoms with Crippen molar-refractivity contribution in [2.45, 2.75) is 26.4 Å². The lowest BCUT2D eigenvalue weighted by Gasteiger charge is -2.11. The number of Topliss-reactive ketones (excluding diaryl/α,β-unsaturated/α-hetero) is 1. The molecule has 4 rings (SSSR count). The van der Waals surface area contributed by atoms with Gasteiger partial charge in [-0.1, -0.05) is 49.4 Å². The van der Waals surface area contributed by atoms with E-state index in [0.29, 0.717) is 36.3 Å². The molecule has 2 aromatic carbocycles. The number of nitrogens with zero attached hydrogens (tertiary/aromatic N) is 1. The van der Waals surface area contributed by atoms with Crippen LogP contribution in [0.4, 0.5) is 0 Å². The third-order valence-electron chi connectivity index (χ3n) is 5.64. The van der Waals surface area contributed by atoms with Crippen molar-refractivity contribution in [2.24, 2.45) is 0 Å². The van der Waals surface area contributed by atoms with E-state index in [1.165, 1.54) is 0 Å². The molecule has 0 bridgehead atoms. The van der Waals surface area contributed by atoms with Crippen molar-refractivity contribution in [1.29, 1.82) is 0 Å². The summed E-state index contributed by atoms with van der Waals surface area (Å²) in [4.78, 5) is 24.9. The normalized spacial score (nSPS) is 10.9. The highest BCUT2D eigenvalue weighted by atomic mass is 35.5. The number of ketones is 1. The molecule has 0 spiro atoms. The van der Waals surface area contributed by atoms with Gasteiger partial charge in [-0.2, -0.15) is 0 Å². The Bertz CT molecular complexity index is 1310. The Balaban J connectivity index is 1.87. The average Bonchev–Trinajstić information content (AvgIpc) is 3.16. The lowest BCUT2D eigenvalue weighted by atomic mass is 9.99. The van der Waals surface area contributed by atoms with Gasteiger partial charge in [-0.25, -0.2) is 0 Å². The van der Waals surface area contributed by atoms with E-state index >= 15 is 0 Å². The Morgan fingerprint density at radius 3 is 2.42 bits per heavy atom. The van der Waals surface area contributed by atoms with Crippen molar-refractivity contribution in [3.8, 4) is 11.5 Å². The van der Waals surface area contributed by atoms with Gasteiger partial charge in [0.05, 0.1) is 18.2 Å². The summed E-state index contributed by atoms with van der Waals surface area (Å²) in [5.41, 5.74) is 4.58. The van der Waals surface area contributed by atoms with Gasteiger partial charge < -0.3 is 13.9 Å². The maximum Gasteiger partial charge on any atom is 0.293 e. The molecule has 6 heteroatoms. The van der Waals surface area contributed by atoms with E-state index in [1.54, 1.807) is 7.11 Å². The Labute approximate surface area is 197 Å². The van der Waals surface area contributed by atoms with Crippen LogP contribution in [0.15, 0.2) is 72.9 Å². The molecule has 0 saturated heterocycles. The molecule has 33 heavy (non-hydrogen) atoms. The fourth-order valence-electron chi connectivity index (χ4n) is 4.13. The number of carbonyl (C=O) groups excluding carboxylic acids is 2. The van der Waals surface area contributed by atoms with Crippen molar-refractivity contribution in [3.05, 3.63) is 101 Å². The van der Waals surface area contributed by atoms with E-state index in [9.17, 15) is 9.59 Å². The van der Waals surface area contributed by atoms with Gasteiger partial charge in [0.2, 0.25) is 5.78 Å². The number of ether oxygens (including phenoxy) is 2. The maximum atomic E-state index is 13.0. The molecular weight excluding hydrogens is 438 g/mol. The van der Waals surface area contributed by atoms with E-state index in [2.05, 4.69) is 0 Å². The second-order valence-corrected chi connectivity index (χ2v) is 7.99.